The molecular weight excluding hydrogens is 380 g/mol. The van der Waals surface area contributed by atoms with Gasteiger partial charge in [-0.1, -0.05) is 78.9 Å². The molecule has 0 aliphatic rings. The average Bonchev–Trinajstić information content (AvgIpc) is 2.77. The Hall–Kier alpha value is -3.52. The van der Waals surface area contributed by atoms with E-state index in [0.29, 0.717) is 11.5 Å². The SMILES string of the molecule is Cc1cc(C(c2ccc(-c3ccccc3)cc2)c2cc(C)c(O)c(C)c2)cc(C)c1O. The van der Waals surface area contributed by atoms with Crippen LogP contribution in [-0.2, 0) is 0 Å². The number of rotatable bonds is 4. The summed E-state index contributed by atoms with van der Waals surface area (Å²) in [5.74, 6) is 0.695. The molecule has 0 fully saturated rings. The first-order valence-electron chi connectivity index (χ1n) is 10.6. The predicted molar refractivity (Wildman–Crippen MR) is 128 cm³/mol. The molecule has 0 unspecified atom stereocenters. The molecule has 31 heavy (non-hydrogen) atoms. The summed E-state index contributed by atoms with van der Waals surface area (Å²) in [7, 11) is 0. The number of phenols is 2. The van der Waals surface area contributed by atoms with Gasteiger partial charge in [-0.3, -0.25) is 0 Å². The second-order valence-corrected chi connectivity index (χ2v) is 8.43. The zero-order valence-electron chi connectivity index (χ0n) is 18.5. The highest BCUT2D eigenvalue weighted by atomic mass is 16.3. The zero-order chi connectivity index (χ0) is 22.1. The van der Waals surface area contributed by atoms with Gasteiger partial charge in [0, 0.05) is 5.92 Å². The fourth-order valence-corrected chi connectivity index (χ4v) is 4.39. The Morgan fingerprint density at radius 1 is 0.484 bits per heavy atom. The van der Waals surface area contributed by atoms with Crippen molar-refractivity contribution < 1.29 is 10.2 Å². The van der Waals surface area contributed by atoms with Crippen molar-refractivity contribution in [3.8, 4) is 22.6 Å². The lowest BCUT2D eigenvalue weighted by molar-refractivity contribution is 0.466. The highest BCUT2D eigenvalue weighted by Crippen LogP contribution is 2.38. The van der Waals surface area contributed by atoms with Gasteiger partial charge in [0.1, 0.15) is 11.5 Å². The molecule has 0 saturated carbocycles. The van der Waals surface area contributed by atoms with Crippen LogP contribution in [0.25, 0.3) is 11.1 Å². The second-order valence-electron chi connectivity index (χ2n) is 8.43. The van der Waals surface area contributed by atoms with Crippen LogP contribution in [0.3, 0.4) is 0 Å². The third-order valence-electron chi connectivity index (χ3n) is 6.04. The van der Waals surface area contributed by atoms with Gasteiger partial charge in [-0.15, -0.1) is 0 Å². The maximum Gasteiger partial charge on any atom is 0.121 e. The summed E-state index contributed by atoms with van der Waals surface area (Å²) in [6, 6.07) is 27.3. The van der Waals surface area contributed by atoms with Gasteiger partial charge in [0.25, 0.3) is 0 Å². The van der Waals surface area contributed by atoms with Gasteiger partial charge in [-0.25, -0.2) is 0 Å². The Bertz CT molecular complexity index is 1120. The molecule has 0 aliphatic heterocycles. The monoisotopic (exact) mass is 408 g/mol. The quantitative estimate of drug-likeness (QED) is 0.351. The minimum absolute atomic E-state index is 0.000762. The van der Waals surface area contributed by atoms with Crippen LogP contribution in [0.5, 0.6) is 11.5 Å². The Balaban J connectivity index is 1.87. The summed E-state index contributed by atoms with van der Waals surface area (Å²) in [5.41, 5.74) is 9.28. The predicted octanol–water partition coefficient (Wildman–Crippen LogP) is 7.18. The second kappa shape index (κ2) is 8.31. The van der Waals surface area contributed by atoms with Crippen LogP contribution in [-0.4, -0.2) is 10.2 Å². The lowest BCUT2D eigenvalue weighted by atomic mass is 9.82. The van der Waals surface area contributed by atoms with E-state index in [1.54, 1.807) is 0 Å². The standard InChI is InChI=1S/C29H28O2/c1-18-14-25(15-19(2)28(18)30)27(26-16-20(3)29(31)21(4)17-26)24-12-10-23(11-13-24)22-8-6-5-7-9-22/h5-17,27,30-31H,1-4H3. The molecule has 0 radical (unpaired) electrons. The Morgan fingerprint density at radius 3 is 1.29 bits per heavy atom. The third-order valence-corrected chi connectivity index (χ3v) is 6.04. The van der Waals surface area contributed by atoms with Crippen LogP contribution in [0.2, 0.25) is 0 Å². The molecule has 0 heterocycles. The van der Waals surface area contributed by atoms with Crippen LogP contribution < -0.4 is 0 Å². The molecule has 4 rings (SSSR count). The fraction of sp³-hybridized carbons (Fsp3) is 0.172. The Kier molecular flexibility index (Phi) is 5.56. The van der Waals surface area contributed by atoms with Crippen LogP contribution in [0, 0.1) is 27.7 Å². The summed E-state index contributed by atoms with van der Waals surface area (Å²) < 4.78 is 0. The van der Waals surface area contributed by atoms with Gasteiger partial charge >= 0.3 is 0 Å². The van der Waals surface area contributed by atoms with Gasteiger partial charge in [0.15, 0.2) is 0 Å². The molecule has 2 nitrogen and oxygen atoms in total. The van der Waals surface area contributed by atoms with Crippen molar-refractivity contribution in [2.45, 2.75) is 33.6 Å². The van der Waals surface area contributed by atoms with Crippen molar-refractivity contribution in [1.29, 1.82) is 0 Å². The molecule has 0 aliphatic carbocycles. The van der Waals surface area contributed by atoms with Crippen molar-refractivity contribution in [2.24, 2.45) is 0 Å². The minimum Gasteiger partial charge on any atom is -0.507 e. The first-order valence-corrected chi connectivity index (χ1v) is 10.6. The van der Waals surface area contributed by atoms with E-state index >= 15 is 0 Å². The van der Waals surface area contributed by atoms with Gasteiger partial charge in [-0.05, 0) is 77.8 Å². The number of hydrogen-bond acceptors (Lipinski definition) is 2. The van der Waals surface area contributed by atoms with Gasteiger partial charge in [0.05, 0.1) is 0 Å². The maximum atomic E-state index is 10.3. The first-order chi connectivity index (χ1) is 14.8. The molecule has 0 spiro atoms. The van der Waals surface area contributed by atoms with Crippen molar-refractivity contribution in [1.82, 2.24) is 0 Å². The number of aromatic hydroxyl groups is 2. The van der Waals surface area contributed by atoms with E-state index in [4.69, 9.17) is 0 Å². The smallest absolute Gasteiger partial charge is 0.121 e. The van der Waals surface area contributed by atoms with E-state index in [1.807, 2.05) is 33.8 Å². The van der Waals surface area contributed by atoms with Crippen molar-refractivity contribution in [3.63, 3.8) is 0 Å². The summed E-state index contributed by atoms with van der Waals surface area (Å²) in [6.45, 7) is 7.76. The molecule has 2 N–H and O–H groups in total. The van der Waals surface area contributed by atoms with Crippen molar-refractivity contribution >= 4 is 0 Å². The number of aryl methyl sites for hydroxylation is 4. The lowest BCUT2D eigenvalue weighted by Gasteiger charge is -2.22. The summed E-state index contributed by atoms with van der Waals surface area (Å²) >= 11 is 0. The first kappa shape index (κ1) is 20.7. The highest BCUT2D eigenvalue weighted by molar-refractivity contribution is 5.64. The summed E-state index contributed by atoms with van der Waals surface area (Å²) in [6.07, 6.45) is 0. The van der Waals surface area contributed by atoms with Crippen LogP contribution >= 0.6 is 0 Å². The van der Waals surface area contributed by atoms with E-state index in [9.17, 15) is 10.2 Å². The van der Waals surface area contributed by atoms with Gasteiger partial charge < -0.3 is 10.2 Å². The lowest BCUT2D eigenvalue weighted by Crippen LogP contribution is -2.06. The number of benzene rings is 4. The van der Waals surface area contributed by atoms with Gasteiger partial charge in [0.2, 0.25) is 0 Å². The van der Waals surface area contributed by atoms with E-state index in [2.05, 4.69) is 72.8 Å². The number of hydrogen-bond donors (Lipinski definition) is 2. The van der Waals surface area contributed by atoms with Crippen molar-refractivity contribution in [3.05, 3.63) is 118 Å². The molecular formula is C29H28O2. The number of phenolic OH excluding ortho intramolecular Hbond substituents is 2. The van der Waals surface area contributed by atoms with Gasteiger partial charge in [-0.2, -0.15) is 0 Å². The molecule has 0 atom stereocenters. The summed E-state index contributed by atoms with van der Waals surface area (Å²) in [5, 5.41) is 20.6. The van der Waals surface area contributed by atoms with Crippen LogP contribution in [0.4, 0.5) is 0 Å². The molecule has 156 valence electrons. The molecule has 0 bridgehead atoms. The molecule has 0 aromatic heterocycles. The average molecular weight is 409 g/mol. The van der Waals surface area contributed by atoms with Crippen LogP contribution in [0.1, 0.15) is 44.9 Å². The van der Waals surface area contributed by atoms with E-state index in [1.165, 1.54) is 16.7 Å². The molecule has 0 amide bonds. The van der Waals surface area contributed by atoms with Crippen LogP contribution in [0.15, 0.2) is 78.9 Å². The third kappa shape index (κ3) is 4.06. The summed E-state index contributed by atoms with van der Waals surface area (Å²) in [4.78, 5) is 0. The molecule has 4 aromatic carbocycles. The largest absolute Gasteiger partial charge is 0.507 e. The zero-order valence-corrected chi connectivity index (χ0v) is 18.5. The van der Waals surface area contributed by atoms with E-state index < -0.39 is 0 Å². The van der Waals surface area contributed by atoms with Crippen molar-refractivity contribution in [2.75, 3.05) is 0 Å². The molecule has 0 saturated heterocycles. The molecule has 4 aromatic rings. The minimum atomic E-state index is 0.000762. The topological polar surface area (TPSA) is 40.5 Å². The fourth-order valence-electron chi connectivity index (χ4n) is 4.39. The molecule has 2 heteroatoms. The highest BCUT2D eigenvalue weighted by Gasteiger charge is 2.20. The van der Waals surface area contributed by atoms with E-state index in [0.717, 1.165) is 33.4 Å². The Morgan fingerprint density at radius 2 is 0.871 bits per heavy atom. The maximum absolute atomic E-state index is 10.3. The van der Waals surface area contributed by atoms with E-state index in [-0.39, 0.29) is 5.92 Å². The Labute approximate surface area is 184 Å². The normalized spacial score (nSPS) is 11.1.